The van der Waals surface area contributed by atoms with Crippen LogP contribution in [-0.2, 0) is 10.3 Å². The molecule has 1 aromatic carbocycles. The zero-order valence-electron chi connectivity index (χ0n) is 8.87. The van der Waals surface area contributed by atoms with Gasteiger partial charge in [0.25, 0.3) is 0 Å². The van der Waals surface area contributed by atoms with Crippen molar-refractivity contribution in [3.63, 3.8) is 0 Å². The van der Waals surface area contributed by atoms with Crippen LogP contribution >= 0.6 is 0 Å². The van der Waals surface area contributed by atoms with Gasteiger partial charge in [-0.1, -0.05) is 43.3 Å². The highest BCUT2D eigenvalue weighted by atomic mass is 16.6. The molecule has 0 spiro atoms. The fourth-order valence-corrected chi connectivity index (χ4v) is 2.13. The van der Waals surface area contributed by atoms with E-state index in [4.69, 9.17) is 4.84 Å². The molecular weight excluding hydrogens is 174 g/mol. The third-order valence-corrected chi connectivity index (χ3v) is 2.78. The Bertz CT molecular complexity index is 380. The fraction of sp³-hybridized carbons (Fsp3) is 0.417. The van der Waals surface area contributed by atoms with Gasteiger partial charge in [0.1, 0.15) is 7.11 Å². The van der Waals surface area contributed by atoms with Gasteiger partial charge in [-0.3, -0.25) is 0 Å². The van der Waals surface area contributed by atoms with E-state index in [0.717, 1.165) is 12.1 Å². The van der Waals surface area contributed by atoms with Crippen LogP contribution in [0.1, 0.15) is 31.4 Å². The van der Waals surface area contributed by atoms with Gasteiger partial charge in [0.2, 0.25) is 0 Å². The Labute approximate surface area is 84.6 Å². The second-order valence-corrected chi connectivity index (χ2v) is 4.33. The average molecular weight is 189 g/mol. The smallest absolute Gasteiger partial charge is 0.106 e. The molecule has 0 N–H and O–H groups in total. The number of benzene rings is 1. The molecule has 1 aliphatic rings. The average Bonchev–Trinajstić information content (AvgIpc) is 2.41. The quantitative estimate of drug-likeness (QED) is 0.622. The number of hydrogen-bond acceptors (Lipinski definition) is 2. The van der Waals surface area contributed by atoms with Crippen LogP contribution in [0, 0.1) is 0 Å². The molecule has 0 saturated carbocycles. The van der Waals surface area contributed by atoms with Gasteiger partial charge in [-0.05, 0) is 11.0 Å². The predicted octanol–water partition coefficient (Wildman–Crippen LogP) is 2.72. The summed E-state index contributed by atoms with van der Waals surface area (Å²) in [7, 11) is 1.60. The summed E-state index contributed by atoms with van der Waals surface area (Å²) in [6.07, 6.45) is 0.959. The summed E-state index contributed by atoms with van der Waals surface area (Å²) in [5.74, 6) is 0. The van der Waals surface area contributed by atoms with Crippen molar-refractivity contribution in [2.45, 2.75) is 25.7 Å². The zero-order chi connectivity index (χ0) is 10.2. The van der Waals surface area contributed by atoms with Crippen LogP contribution in [-0.4, -0.2) is 12.8 Å². The van der Waals surface area contributed by atoms with E-state index in [-0.39, 0.29) is 5.41 Å². The Balaban J connectivity index is 2.55. The summed E-state index contributed by atoms with van der Waals surface area (Å²) in [5.41, 5.74) is 3.86. The van der Waals surface area contributed by atoms with E-state index in [1.54, 1.807) is 7.11 Å². The van der Waals surface area contributed by atoms with Crippen LogP contribution in [0.3, 0.4) is 0 Å². The van der Waals surface area contributed by atoms with Crippen LogP contribution in [0.5, 0.6) is 0 Å². The first-order valence-corrected chi connectivity index (χ1v) is 4.85. The van der Waals surface area contributed by atoms with Crippen molar-refractivity contribution in [1.29, 1.82) is 0 Å². The lowest BCUT2D eigenvalue weighted by molar-refractivity contribution is 0.212. The summed E-state index contributed by atoms with van der Waals surface area (Å²) < 4.78 is 0. The first-order valence-electron chi connectivity index (χ1n) is 4.85. The fourth-order valence-electron chi connectivity index (χ4n) is 2.13. The second kappa shape index (κ2) is 3.12. The molecule has 0 radical (unpaired) electrons. The number of nitrogens with zero attached hydrogens (tertiary/aromatic N) is 1. The molecule has 0 unspecified atom stereocenters. The maximum Gasteiger partial charge on any atom is 0.106 e. The van der Waals surface area contributed by atoms with Gasteiger partial charge in [0, 0.05) is 12.0 Å². The molecule has 74 valence electrons. The minimum absolute atomic E-state index is 0.188. The summed E-state index contributed by atoms with van der Waals surface area (Å²) in [4.78, 5) is 4.86. The molecule has 2 nitrogen and oxygen atoms in total. The summed E-state index contributed by atoms with van der Waals surface area (Å²) in [6, 6.07) is 8.41. The van der Waals surface area contributed by atoms with Crippen molar-refractivity contribution in [1.82, 2.24) is 0 Å². The van der Waals surface area contributed by atoms with Crippen LogP contribution in [0.15, 0.2) is 29.4 Å². The molecule has 0 atom stereocenters. The molecule has 0 bridgehead atoms. The standard InChI is InChI=1S/C12H15NO/c1-12(2)8-11(13-14-3)9-6-4-5-7-10(9)12/h4-7H,8H2,1-3H3/b13-11-. The molecule has 0 aliphatic heterocycles. The van der Waals surface area contributed by atoms with Crippen molar-refractivity contribution < 1.29 is 4.84 Å². The van der Waals surface area contributed by atoms with Crippen LogP contribution < -0.4 is 0 Å². The molecule has 1 aliphatic carbocycles. The summed E-state index contributed by atoms with van der Waals surface area (Å²) >= 11 is 0. The highest BCUT2D eigenvalue weighted by Crippen LogP contribution is 2.38. The molecule has 14 heavy (non-hydrogen) atoms. The third kappa shape index (κ3) is 1.31. The van der Waals surface area contributed by atoms with Gasteiger partial charge < -0.3 is 4.84 Å². The Morgan fingerprint density at radius 1 is 1.29 bits per heavy atom. The summed E-state index contributed by atoms with van der Waals surface area (Å²) in [5, 5.41) is 4.08. The van der Waals surface area contributed by atoms with Gasteiger partial charge in [0.05, 0.1) is 5.71 Å². The van der Waals surface area contributed by atoms with Crippen LogP contribution in [0.25, 0.3) is 0 Å². The first kappa shape index (κ1) is 9.25. The molecular formula is C12H15NO. The monoisotopic (exact) mass is 189 g/mol. The maximum absolute atomic E-state index is 4.86. The van der Waals surface area contributed by atoms with E-state index in [1.807, 2.05) is 6.07 Å². The first-order chi connectivity index (χ1) is 6.65. The van der Waals surface area contributed by atoms with Crippen LogP contribution in [0.4, 0.5) is 0 Å². The van der Waals surface area contributed by atoms with Gasteiger partial charge >= 0.3 is 0 Å². The second-order valence-electron chi connectivity index (χ2n) is 4.33. The zero-order valence-corrected chi connectivity index (χ0v) is 8.87. The number of oxime groups is 1. The van der Waals surface area contributed by atoms with Crippen molar-refractivity contribution in [2.75, 3.05) is 7.11 Å². The Morgan fingerprint density at radius 2 is 2.00 bits per heavy atom. The Morgan fingerprint density at radius 3 is 2.71 bits per heavy atom. The normalized spacial score (nSPS) is 20.9. The van der Waals surface area contributed by atoms with Gasteiger partial charge in [0.15, 0.2) is 0 Å². The van der Waals surface area contributed by atoms with Crippen molar-refractivity contribution in [3.8, 4) is 0 Å². The molecule has 0 fully saturated rings. The van der Waals surface area contributed by atoms with Gasteiger partial charge in [-0.25, -0.2) is 0 Å². The lowest BCUT2D eigenvalue weighted by Gasteiger charge is -2.17. The number of hydrogen-bond donors (Lipinski definition) is 0. The molecule has 1 aromatic rings. The minimum Gasteiger partial charge on any atom is -0.399 e. The third-order valence-electron chi connectivity index (χ3n) is 2.78. The predicted molar refractivity (Wildman–Crippen MR) is 57.6 cm³/mol. The van der Waals surface area contributed by atoms with Crippen molar-refractivity contribution in [3.05, 3.63) is 35.4 Å². The van der Waals surface area contributed by atoms with Crippen molar-refractivity contribution in [2.24, 2.45) is 5.16 Å². The molecule has 0 amide bonds. The number of fused-ring (bicyclic) bond motifs is 1. The van der Waals surface area contributed by atoms with E-state index in [0.29, 0.717) is 0 Å². The van der Waals surface area contributed by atoms with Gasteiger partial charge in [-0.2, -0.15) is 0 Å². The highest BCUT2D eigenvalue weighted by Gasteiger charge is 2.34. The minimum atomic E-state index is 0.188. The van der Waals surface area contributed by atoms with Crippen LogP contribution in [0.2, 0.25) is 0 Å². The van der Waals surface area contributed by atoms with E-state index in [9.17, 15) is 0 Å². The number of rotatable bonds is 1. The van der Waals surface area contributed by atoms with E-state index >= 15 is 0 Å². The van der Waals surface area contributed by atoms with E-state index in [1.165, 1.54) is 11.1 Å². The Hall–Kier alpha value is -1.31. The Kier molecular flexibility index (Phi) is 2.06. The van der Waals surface area contributed by atoms with Gasteiger partial charge in [-0.15, -0.1) is 0 Å². The lowest BCUT2D eigenvalue weighted by Crippen LogP contribution is -2.12. The topological polar surface area (TPSA) is 21.6 Å². The largest absolute Gasteiger partial charge is 0.399 e. The molecule has 2 heteroatoms. The molecule has 0 heterocycles. The SMILES string of the molecule is CO/N=C1/CC(C)(C)c2ccccc21. The maximum atomic E-state index is 4.86. The highest BCUT2D eigenvalue weighted by molar-refractivity contribution is 6.05. The molecule has 0 aromatic heterocycles. The van der Waals surface area contributed by atoms with E-state index in [2.05, 4.69) is 37.2 Å². The molecule has 2 rings (SSSR count). The van der Waals surface area contributed by atoms with E-state index < -0.39 is 0 Å². The lowest BCUT2D eigenvalue weighted by atomic mass is 9.87. The summed E-state index contributed by atoms with van der Waals surface area (Å²) in [6.45, 7) is 4.48. The van der Waals surface area contributed by atoms with Crippen molar-refractivity contribution >= 4 is 5.71 Å². The molecule has 0 saturated heterocycles.